The maximum Gasteiger partial charge on any atom is 0.233 e. The van der Waals surface area contributed by atoms with Crippen molar-refractivity contribution in [1.82, 2.24) is 4.90 Å². The van der Waals surface area contributed by atoms with Crippen LogP contribution in [0.4, 0.5) is 0 Å². The van der Waals surface area contributed by atoms with E-state index in [-0.39, 0.29) is 35.6 Å². The van der Waals surface area contributed by atoms with Gasteiger partial charge in [0.15, 0.2) is 23.1 Å². The Morgan fingerprint density at radius 3 is 2.57 bits per heavy atom. The van der Waals surface area contributed by atoms with Gasteiger partial charge in [0.1, 0.15) is 0 Å². The van der Waals surface area contributed by atoms with E-state index in [0.717, 1.165) is 5.57 Å². The summed E-state index contributed by atoms with van der Waals surface area (Å²) >= 11 is 0. The number of Topliss-reactive ketones (excluding diaryl/α,β-unsaturated/α-hetero) is 1. The number of amides is 2. The molecule has 4 aliphatic rings. The van der Waals surface area contributed by atoms with Gasteiger partial charge in [0.25, 0.3) is 0 Å². The molecule has 7 heteroatoms. The highest BCUT2D eigenvalue weighted by Crippen LogP contribution is 2.56. The maximum absolute atomic E-state index is 13.4. The van der Waals surface area contributed by atoms with Crippen LogP contribution in [0.25, 0.3) is 0 Å². The molecule has 4 atom stereocenters. The quantitative estimate of drug-likeness (QED) is 0.397. The van der Waals surface area contributed by atoms with E-state index in [1.807, 2.05) is 19.9 Å². The van der Waals surface area contributed by atoms with Crippen LogP contribution in [-0.2, 0) is 19.2 Å². The van der Waals surface area contributed by atoms with Crippen LogP contribution in [0.5, 0.6) is 11.5 Å². The molecule has 0 aromatic heterocycles. The number of hydrogen-bond donors (Lipinski definition) is 1. The van der Waals surface area contributed by atoms with Crippen molar-refractivity contribution in [2.24, 2.45) is 17.8 Å². The summed E-state index contributed by atoms with van der Waals surface area (Å²) in [6.07, 6.45) is 4.62. The van der Waals surface area contributed by atoms with E-state index in [1.165, 1.54) is 11.0 Å². The Balaban J connectivity index is 1.69. The number of phenolic OH excluding ortho intramolecular Hbond substituents is 1. The Bertz CT molecular complexity index is 1250. The first kappa shape index (κ1) is 23.3. The molecule has 2 amide bonds. The van der Waals surface area contributed by atoms with Gasteiger partial charge in [0.2, 0.25) is 11.8 Å². The molecular formula is C28H29NO6. The fourth-order valence-corrected chi connectivity index (χ4v) is 6.29. The third kappa shape index (κ3) is 3.39. The van der Waals surface area contributed by atoms with E-state index in [2.05, 4.69) is 0 Å². The van der Waals surface area contributed by atoms with Crippen LogP contribution < -0.4 is 4.74 Å². The second-order valence-electron chi connectivity index (χ2n) is 9.68. The van der Waals surface area contributed by atoms with Crippen LogP contribution in [0.1, 0.15) is 51.5 Å². The molecule has 1 fully saturated rings. The number of aromatic hydroxyl groups is 1. The summed E-state index contributed by atoms with van der Waals surface area (Å²) in [6.45, 7) is 6.09. The number of benzene rings is 1. The average molecular weight is 476 g/mol. The minimum absolute atomic E-state index is 0.0807. The number of imide groups is 1. The lowest BCUT2D eigenvalue weighted by atomic mass is 9.59. The number of para-hydroxylation sites is 1. The van der Waals surface area contributed by atoms with Gasteiger partial charge in [-0.05, 0) is 51.2 Å². The first-order valence-electron chi connectivity index (χ1n) is 12.3. The zero-order chi connectivity index (χ0) is 25.0. The summed E-state index contributed by atoms with van der Waals surface area (Å²) in [6, 6.07) is 5.14. The fourth-order valence-electron chi connectivity index (χ4n) is 6.29. The number of nitrogens with zero attached hydrogens (tertiary/aromatic N) is 1. The Kier molecular flexibility index (Phi) is 5.74. The topological polar surface area (TPSA) is 101 Å². The van der Waals surface area contributed by atoms with Crippen molar-refractivity contribution in [3.63, 3.8) is 0 Å². The van der Waals surface area contributed by atoms with Crippen LogP contribution in [0.3, 0.4) is 0 Å². The van der Waals surface area contributed by atoms with Crippen LogP contribution in [0.2, 0.25) is 0 Å². The summed E-state index contributed by atoms with van der Waals surface area (Å²) in [5.41, 5.74) is 2.39. The van der Waals surface area contributed by atoms with E-state index in [9.17, 15) is 24.3 Å². The van der Waals surface area contributed by atoms with E-state index in [0.29, 0.717) is 54.0 Å². The van der Waals surface area contributed by atoms with Crippen molar-refractivity contribution in [2.45, 2.75) is 46.0 Å². The van der Waals surface area contributed by atoms with Crippen molar-refractivity contribution in [3.8, 4) is 11.5 Å². The number of rotatable bonds is 5. The smallest absolute Gasteiger partial charge is 0.233 e. The third-order valence-electron chi connectivity index (χ3n) is 7.74. The number of hydrogen-bond acceptors (Lipinski definition) is 6. The lowest BCUT2D eigenvalue weighted by Crippen LogP contribution is -2.39. The molecule has 1 aliphatic heterocycles. The molecular weight excluding hydrogens is 446 g/mol. The molecule has 182 valence electrons. The molecule has 4 unspecified atom stereocenters. The SMILES string of the molecule is CCCN1C(=O)C2CC=C3C(c4cccc(OCC)c4O)C4=C(CC3C2C1=O)C(=O)C(C)=CC4=O. The predicted molar refractivity (Wildman–Crippen MR) is 128 cm³/mol. The lowest BCUT2D eigenvalue weighted by Gasteiger charge is -2.42. The molecule has 35 heavy (non-hydrogen) atoms. The second-order valence-corrected chi connectivity index (χ2v) is 9.68. The van der Waals surface area contributed by atoms with Crippen molar-refractivity contribution >= 4 is 23.4 Å². The Labute approximate surface area is 204 Å². The van der Waals surface area contributed by atoms with Crippen LogP contribution in [-0.4, -0.2) is 46.5 Å². The zero-order valence-corrected chi connectivity index (χ0v) is 20.2. The van der Waals surface area contributed by atoms with Crippen LogP contribution >= 0.6 is 0 Å². The first-order chi connectivity index (χ1) is 16.8. The molecule has 0 radical (unpaired) electrons. The molecule has 3 aliphatic carbocycles. The number of ketones is 2. The Morgan fingerprint density at radius 1 is 1.09 bits per heavy atom. The van der Waals surface area contributed by atoms with Gasteiger partial charge in [-0.15, -0.1) is 0 Å². The van der Waals surface area contributed by atoms with Gasteiger partial charge in [-0.25, -0.2) is 0 Å². The molecule has 1 saturated heterocycles. The normalized spacial score (nSPS) is 27.9. The molecule has 1 aromatic carbocycles. The van der Waals surface area contributed by atoms with Crippen molar-refractivity contribution in [2.75, 3.05) is 13.2 Å². The lowest BCUT2D eigenvalue weighted by molar-refractivity contribution is -0.140. The zero-order valence-electron chi connectivity index (χ0n) is 20.2. The summed E-state index contributed by atoms with van der Waals surface area (Å²) in [5, 5.41) is 11.1. The van der Waals surface area contributed by atoms with Crippen molar-refractivity contribution in [3.05, 3.63) is 58.2 Å². The number of allylic oxidation sites excluding steroid dienone is 6. The minimum Gasteiger partial charge on any atom is -0.504 e. The fraction of sp³-hybridized carbons (Fsp3) is 0.429. The maximum atomic E-state index is 13.4. The summed E-state index contributed by atoms with van der Waals surface area (Å²) in [5.74, 6) is -2.72. The van der Waals surface area contributed by atoms with Crippen LogP contribution in [0, 0.1) is 17.8 Å². The molecule has 0 spiro atoms. The molecule has 1 aromatic rings. The number of ether oxygens (including phenoxy) is 1. The molecule has 5 rings (SSSR count). The molecule has 1 N–H and O–H groups in total. The van der Waals surface area contributed by atoms with Gasteiger partial charge >= 0.3 is 0 Å². The monoisotopic (exact) mass is 475 g/mol. The number of phenols is 1. The van der Waals surface area contributed by atoms with Gasteiger partial charge in [0, 0.05) is 34.7 Å². The van der Waals surface area contributed by atoms with E-state index in [4.69, 9.17) is 4.74 Å². The highest BCUT2D eigenvalue weighted by Gasteiger charge is 2.56. The van der Waals surface area contributed by atoms with Crippen molar-refractivity contribution < 1.29 is 29.0 Å². The molecule has 7 nitrogen and oxygen atoms in total. The number of likely N-dealkylation sites (tertiary alicyclic amines) is 1. The van der Waals surface area contributed by atoms with Gasteiger partial charge in [-0.2, -0.15) is 0 Å². The van der Waals surface area contributed by atoms with E-state index >= 15 is 0 Å². The second kappa shape index (κ2) is 8.63. The summed E-state index contributed by atoms with van der Waals surface area (Å²) < 4.78 is 5.59. The van der Waals surface area contributed by atoms with Gasteiger partial charge < -0.3 is 9.84 Å². The summed E-state index contributed by atoms with van der Waals surface area (Å²) in [7, 11) is 0. The number of carbonyl (C=O) groups is 4. The summed E-state index contributed by atoms with van der Waals surface area (Å²) in [4.78, 5) is 54.4. The van der Waals surface area contributed by atoms with E-state index < -0.39 is 23.7 Å². The standard InChI is InChI=1S/C28H29NO6/c1-4-11-29-27(33)17-10-9-15-18(23(17)28(29)34)13-19-24(20(30)12-14(3)25(19)31)22(15)16-7-6-8-21(26(16)32)35-5-2/h6-9,12,17-18,22-23,32H,4-5,10-11,13H2,1-3H3. The number of fused-ring (bicyclic) bond motifs is 3. The van der Waals surface area contributed by atoms with Crippen molar-refractivity contribution in [1.29, 1.82) is 0 Å². The Morgan fingerprint density at radius 2 is 1.86 bits per heavy atom. The van der Waals surface area contributed by atoms with Gasteiger partial charge in [-0.3, -0.25) is 24.1 Å². The third-order valence-corrected chi connectivity index (χ3v) is 7.74. The molecule has 1 heterocycles. The van der Waals surface area contributed by atoms with Gasteiger partial charge in [-0.1, -0.05) is 30.7 Å². The minimum atomic E-state index is -0.686. The van der Waals surface area contributed by atoms with E-state index in [1.54, 1.807) is 25.1 Å². The number of carbonyl (C=O) groups excluding carboxylic acids is 4. The average Bonchev–Trinajstić information content (AvgIpc) is 3.08. The first-order valence-corrected chi connectivity index (χ1v) is 12.3. The predicted octanol–water partition coefficient (Wildman–Crippen LogP) is 3.63. The largest absolute Gasteiger partial charge is 0.504 e. The highest BCUT2D eigenvalue weighted by atomic mass is 16.5. The molecule has 0 saturated carbocycles. The Hall–Kier alpha value is -3.48. The highest BCUT2D eigenvalue weighted by molar-refractivity contribution is 6.23. The van der Waals surface area contributed by atoms with Gasteiger partial charge in [0.05, 0.1) is 18.4 Å². The van der Waals surface area contributed by atoms with Crippen LogP contribution in [0.15, 0.2) is 52.6 Å². The molecule has 0 bridgehead atoms.